The normalized spacial score (nSPS) is 17.6. The molecule has 2 saturated heterocycles. The number of carbonyl (C=O) groups is 3. The van der Waals surface area contributed by atoms with E-state index in [0.717, 1.165) is 65.1 Å². The second-order valence-electron chi connectivity index (χ2n) is 15.1. The number of imidazole rings is 2. The number of carbonyl (C=O) groups excluding carboxylic acids is 2. The number of rotatable bonds is 12. The highest BCUT2D eigenvalue weighted by Gasteiger charge is 2.38. The van der Waals surface area contributed by atoms with E-state index in [4.69, 9.17) is 4.98 Å². The molecule has 6 aromatic rings. The molecule has 4 atom stereocenters. The van der Waals surface area contributed by atoms with Crippen molar-refractivity contribution in [1.29, 1.82) is 0 Å². The molecule has 2 fully saturated rings. The molecule has 0 spiro atoms. The zero-order chi connectivity index (χ0) is 40.2. The highest BCUT2D eigenvalue weighted by molar-refractivity contribution is 5.87. The number of hydrogen-bond acceptors (Lipinski definition) is 8. The van der Waals surface area contributed by atoms with Crippen LogP contribution in [0.3, 0.4) is 0 Å². The molecule has 2 aliphatic rings. The maximum Gasteiger partial charge on any atom is 0.405 e. The number of nitrogens with one attached hydrogen (secondary N) is 4. The summed E-state index contributed by atoms with van der Waals surface area (Å²) in [5, 5.41) is 15.1. The molecule has 0 radical (unpaired) electrons. The van der Waals surface area contributed by atoms with Crippen LogP contribution >= 0.6 is 0 Å². The third kappa shape index (κ3) is 8.03. The second-order valence-corrected chi connectivity index (χ2v) is 15.1. The first kappa shape index (κ1) is 38.1. The lowest BCUT2D eigenvalue weighted by atomic mass is 10.0. The number of amides is 3. The Morgan fingerprint density at radius 1 is 0.672 bits per heavy atom. The lowest BCUT2D eigenvalue weighted by Gasteiger charge is -2.30. The summed E-state index contributed by atoms with van der Waals surface area (Å²) in [5.41, 5.74) is 6.38. The Hall–Kier alpha value is -6.83. The first-order chi connectivity index (χ1) is 28.2. The SMILES string of the molecule is CC(C)[C@H](Nc1ncccn1)C(=O)N1CCC[C@H]1c1ncc(-c2ccc(-c3ccc(-c4cnc([C@@H]5CCCN5C(=O)[C@H](NC(=O)O)c5ccccc5)[nH]4)cc3)cc2)[nH]1. The Kier molecular flexibility index (Phi) is 11.0. The van der Waals surface area contributed by atoms with Gasteiger partial charge >= 0.3 is 6.09 Å². The van der Waals surface area contributed by atoms with Gasteiger partial charge in [-0.15, -0.1) is 0 Å². The number of likely N-dealkylation sites (tertiary alicyclic amines) is 2. The Labute approximate surface area is 336 Å². The summed E-state index contributed by atoms with van der Waals surface area (Å²) in [5.74, 6) is 1.64. The van der Waals surface area contributed by atoms with Crippen molar-refractivity contribution in [3.05, 3.63) is 127 Å². The van der Waals surface area contributed by atoms with Crippen LogP contribution in [0.15, 0.2) is 110 Å². The van der Waals surface area contributed by atoms with E-state index < -0.39 is 18.2 Å². The van der Waals surface area contributed by atoms with Crippen LogP contribution in [0.1, 0.15) is 74.9 Å². The summed E-state index contributed by atoms with van der Waals surface area (Å²) in [6.45, 7) is 5.22. The minimum Gasteiger partial charge on any atom is -0.465 e. The first-order valence-electron chi connectivity index (χ1n) is 19.7. The molecule has 14 nitrogen and oxygen atoms in total. The molecule has 14 heteroatoms. The van der Waals surface area contributed by atoms with E-state index in [0.29, 0.717) is 30.4 Å². The van der Waals surface area contributed by atoms with Crippen molar-refractivity contribution in [2.24, 2.45) is 5.92 Å². The smallest absolute Gasteiger partial charge is 0.405 e. The largest absolute Gasteiger partial charge is 0.465 e. The Morgan fingerprint density at radius 3 is 1.67 bits per heavy atom. The van der Waals surface area contributed by atoms with Crippen LogP contribution in [0.5, 0.6) is 0 Å². The lowest BCUT2D eigenvalue weighted by Crippen LogP contribution is -2.45. The van der Waals surface area contributed by atoms with E-state index in [9.17, 15) is 19.5 Å². The van der Waals surface area contributed by atoms with Crippen molar-refractivity contribution >= 4 is 23.9 Å². The van der Waals surface area contributed by atoms with Gasteiger partial charge in [0.2, 0.25) is 11.9 Å². The molecule has 0 bridgehead atoms. The summed E-state index contributed by atoms with van der Waals surface area (Å²) in [7, 11) is 0. The number of anilines is 1. The van der Waals surface area contributed by atoms with E-state index in [1.165, 1.54) is 0 Å². The van der Waals surface area contributed by atoms with E-state index >= 15 is 0 Å². The molecule has 3 aromatic heterocycles. The van der Waals surface area contributed by atoms with Gasteiger partial charge in [-0.2, -0.15) is 0 Å². The topological polar surface area (TPSA) is 185 Å². The fourth-order valence-corrected chi connectivity index (χ4v) is 8.05. The van der Waals surface area contributed by atoms with Crippen LogP contribution in [0.4, 0.5) is 10.7 Å². The Balaban J connectivity index is 0.920. The first-order valence-corrected chi connectivity index (χ1v) is 19.7. The van der Waals surface area contributed by atoms with Crippen molar-refractivity contribution < 1.29 is 19.5 Å². The fraction of sp³-hybridized carbons (Fsp3) is 0.295. The number of aromatic amines is 2. The Morgan fingerprint density at radius 2 is 1.17 bits per heavy atom. The van der Waals surface area contributed by atoms with E-state index in [1.54, 1.807) is 53.8 Å². The fourth-order valence-electron chi connectivity index (χ4n) is 8.05. The second kappa shape index (κ2) is 16.7. The van der Waals surface area contributed by atoms with Crippen molar-refractivity contribution in [3.63, 3.8) is 0 Å². The summed E-state index contributed by atoms with van der Waals surface area (Å²) >= 11 is 0. The van der Waals surface area contributed by atoms with Gasteiger partial charge in [0.25, 0.3) is 5.91 Å². The summed E-state index contributed by atoms with van der Waals surface area (Å²) in [4.78, 5) is 67.7. The van der Waals surface area contributed by atoms with Gasteiger partial charge < -0.3 is 35.5 Å². The van der Waals surface area contributed by atoms with E-state index in [-0.39, 0.29) is 29.8 Å². The maximum absolute atomic E-state index is 13.8. The van der Waals surface area contributed by atoms with Crippen molar-refractivity contribution in [3.8, 4) is 33.6 Å². The lowest BCUT2D eigenvalue weighted by molar-refractivity contribution is -0.135. The number of aromatic nitrogens is 6. The van der Waals surface area contributed by atoms with Crippen molar-refractivity contribution in [2.45, 2.75) is 63.7 Å². The van der Waals surface area contributed by atoms with Gasteiger partial charge in [-0.25, -0.2) is 24.7 Å². The minimum absolute atomic E-state index is 0.0168. The molecule has 5 N–H and O–H groups in total. The molecular formula is C44H46N10O4. The summed E-state index contributed by atoms with van der Waals surface area (Å²) in [6, 6.07) is 25.3. The van der Waals surface area contributed by atoms with Gasteiger partial charge in [-0.05, 0) is 65.5 Å². The van der Waals surface area contributed by atoms with Gasteiger partial charge in [-0.1, -0.05) is 92.7 Å². The molecule has 296 valence electrons. The van der Waals surface area contributed by atoms with Gasteiger partial charge in [0.1, 0.15) is 23.7 Å². The minimum atomic E-state index is -1.25. The number of benzene rings is 3. The summed E-state index contributed by atoms with van der Waals surface area (Å²) in [6.07, 6.45) is 8.93. The average Bonchev–Trinajstić information content (AvgIpc) is 4.09. The number of carboxylic acid groups (broad SMARTS) is 1. The van der Waals surface area contributed by atoms with Gasteiger partial charge in [-0.3, -0.25) is 9.59 Å². The van der Waals surface area contributed by atoms with Gasteiger partial charge in [0, 0.05) is 25.5 Å². The highest BCUT2D eigenvalue weighted by atomic mass is 16.4. The highest BCUT2D eigenvalue weighted by Crippen LogP contribution is 2.36. The zero-order valence-corrected chi connectivity index (χ0v) is 32.4. The molecule has 3 amide bonds. The standard InChI is InChI=1S/C44H46N10O4/c1-27(2)37(51-43-45-21-8-22-46-43)41(55)53-23-6-11-35(53)39-47-25-33(49-39)30-17-13-28(14-18-30)29-15-19-31(20-16-29)34-26-48-40(50-34)36-12-7-24-54(36)42(56)38(52-44(57)58)32-9-4-3-5-10-32/h3-5,8-10,13-22,25-27,35-38,52H,6-7,11-12,23-24H2,1-2H3,(H,47,49)(H,48,50)(H,57,58)(H,45,46,51)/t35-,36-,37-,38+/m0/s1. The van der Waals surface area contributed by atoms with Crippen LogP contribution in [0, 0.1) is 5.92 Å². The van der Waals surface area contributed by atoms with Crippen molar-refractivity contribution in [2.75, 3.05) is 18.4 Å². The van der Waals surface area contributed by atoms with E-state index in [2.05, 4.69) is 72.0 Å². The van der Waals surface area contributed by atoms with E-state index in [1.807, 2.05) is 43.1 Å². The molecule has 2 aliphatic heterocycles. The maximum atomic E-state index is 13.8. The molecule has 0 unspecified atom stereocenters. The van der Waals surface area contributed by atoms with Crippen molar-refractivity contribution in [1.82, 2.24) is 45.0 Å². The molecule has 8 rings (SSSR count). The van der Waals surface area contributed by atoms with Crippen LogP contribution in [0.2, 0.25) is 0 Å². The van der Waals surface area contributed by atoms with Crippen LogP contribution in [-0.4, -0.2) is 81.8 Å². The number of hydrogen-bond donors (Lipinski definition) is 5. The third-order valence-electron chi connectivity index (χ3n) is 11.0. The van der Waals surface area contributed by atoms with Crippen LogP contribution in [-0.2, 0) is 9.59 Å². The summed E-state index contributed by atoms with van der Waals surface area (Å²) < 4.78 is 0. The molecule has 5 heterocycles. The molecule has 0 aliphatic carbocycles. The predicted octanol–water partition coefficient (Wildman–Crippen LogP) is 7.40. The van der Waals surface area contributed by atoms with Gasteiger partial charge in [0.15, 0.2) is 0 Å². The Bertz CT molecular complexity index is 2350. The monoisotopic (exact) mass is 778 g/mol. The predicted molar refractivity (Wildman–Crippen MR) is 219 cm³/mol. The van der Waals surface area contributed by atoms with Crippen LogP contribution in [0.25, 0.3) is 33.6 Å². The molecular weight excluding hydrogens is 733 g/mol. The number of nitrogens with zero attached hydrogens (tertiary/aromatic N) is 6. The molecule has 3 aromatic carbocycles. The third-order valence-corrected chi connectivity index (χ3v) is 11.0. The molecule has 58 heavy (non-hydrogen) atoms. The zero-order valence-electron chi connectivity index (χ0n) is 32.4. The van der Waals surface area contributed by atoms with Gasteiger partial charge in [0.05, 0.1) is 35.9 Å². The number of H-pyrrole nitrogens is 2. The van der Waals surface area contributed by atoms with Crippen LogP contribution < -0.4 is 10.6 Å². The molecule has 0 saturated carbocycles. The quantitative estimate of drug-likeness (QED) is 0.0845. The average molecular weight is 779 g/mol.